The quantitative estimate of drug-likeness (QED) is 0.881. The summed E-state index contributed by atoms with van der Waals surface area (Å²) in [6, 6.07) is 0.110. The number of rotatable bonds is 3. The number of piperazine rings is 1. The Labute approximate surface area is 152 Å². The molecule has 0 radical (unpaired) electrons. The van der Waals surface area contributed by atoms with Crippen LogP contribution < -0.4 is 10.3 Å². The van der Waals surface area contributed by atoms with E-state index in [9.17, 15) is 23.5 Å². The number of likely N-dealkylation sites (N-methyl/N-ethyl adjacent to an activating group) is 1. The normalized spacial score (nSPS) is 23.0. The number of pyridine rings is 1. The first-order valence-electron chi connectivity index (χ1n) is 8.67. The summed E-state index contributed by atoms with van der Waals surface area (Å²) >= 11 is 0. The number of carboxylic acid groups (broad SMARTS) is 1. The number of alkyl halides is 1. The first-order chi connectivity index (χ1) is 12.8. The third-order valence-corrected chi connectivity index (χ3v) is 5.27. The maximum atomic E-state index is 15.4. The highest BCUT2D eigenvalue weighted by Crippen LogP contribution is 2.42. The van der Waals surface area contributed by atoms with Crippen LogP contribution in [0.1, 0.15) is 22.8 Å². The van der Waals surface area contributed by atoms with Crippen molar-refractivity contribution >= 4 is 22.6 Å². The Hall–Kier alpha value is -2.55. The molecule has 2 atom stereocenters. The number of aromatic carboxylic acids is 1. The van der Waals surface area contributed by atoms with Crippen LogP contribution in [0.5, 0.6) is 0 Å². The van der Waals surface area contributed by atoms with Gasteiger partial charge in [-0.25, -0.2) is 18.0 Å². The highest BCUT2D eigenvalue weighted by molar-refractivity contribution is 5.94. The molecular weight excluding hydrogens is 363 g/mol. The summed E-state index contributed by atoms with van der Waals surface area (Å²) in [6.45, 7) is 2.05. The van der Waals surface area contributed by atoms with E-state index in [1.165, 1.54) is 0 Å². The number of aromatic nitrogens is 1. The van der Waals surface area contributed by atoms with Crippen molar-refractivity contribution in [2.45, 2.75) is 18.6 Å². The van der Waals surface area contributed by atoms with Crippen molar-refractivity contribution in [2.75, 3.05) is 38.1 Å². The maximum Gasteiger partial charge on any atom is 0.341 e. The van der Waals surface area contributed by atoms with Crippen molar-refractivity contribution in [3.8, 4) is 0 Å². The Morgan fingerprint density at radius 3 is 2.41 bits per heavy atom. The molecular formula is C18H18F3N3O3. The third-order valence-electron chi connectivity index (χ3n) is 5.27. The van der Waals surface area contributed by atoms with E-state index in [4.69, 9.17) is 0 Å². The molecule has 1 N–H and O–H groups in total. The SMILES string of the molecule is CN1CCN(c2c(F)cc3c(=O)c(C(=O)O)cn([C@@H]4C[C@H]4F)c3c2F)CC1. The van der Waals surface area contributed by atoms with Gasteiger partial charge in [0.2, 0.25) is 5.43 Å². The van der Waals surface area contributed by atoms with Crippen LogP contribution in [0, 0.1) is 11.6 Å². The summed E-state index contributed by atoms with van der Waals surface area (Å²) in [5.41, 5.74) is -2.12. The van der Waals surface area contributed by atoms with E-state index in [1.807, 2.05) is 11.9 Å². The van der Waals surface area contributed by atoms with Crippen molar-refractivity contribution in [1.29, 1.82) is 0 Å². The van der Waals surface area contributed by atoms with Crippen LogP contribution in [0.2, 0.25) is 0 Å². The van der Waals surface area contributed by atoms with Crippen molar-refractivity contribution in [3.05, 3.63) is 39.7 Å². The highest BCUT2D eigenvalue weighted by Gasteiger charge is 2.41. The van der Waals surface area contributed by atoms with Crippen LogP contribution in [-0.2, 0) is 0 Å². The molecule has 27 heavy (non-hydrogen) atoms. The summed E-state index contributed by atoms with van der Waals surface area (Å²) in [6.07, 6.45) is -0.196. The summed E-state index contributed by atoms with van der Waals surface area (Å²) < 4.78 is 44.9. The predicted octanol–water partition coefficient (Wildman–Crippen LogP) is 2.01. The van der Waals surface area contributed by atoms with E-state index in [-0.39, 0.29) is 23.0 Å². The van der Waals surface area contributed by atoms with Gasteiger partial charge in [0.05, 0.1) is 16.9 Å². The average Bonchev–Trinajstić information content (AvgIpc) is 3.33. The minimum atomic E-state index is -1.52. The monoisotopic (exact) mass is 381 g/mol. The summed E-state index contributed by atoms with van der Waals surface area (Å²) in [5.74, 6) is -3.40. The minimum absolute atomic E-state index is 0.0949. The first-order valence-corrected chi connectivity index (χ1v) is 8.67. The molecule has 1 aliphatic carbocycles. The topological polar surface area (TPSA) is 65.8 Å². The molecule has 2 heterocycles. The molecule has 2 aliphatic rings. The van der Waals surface area contributed by atoms with E-state index in [0.717, 1.165) is 16.8 Å². The van der Waals surface area contributed by atoms with Crippen LogP contribution in [0.4, 0.5) is 18.9 Å². The maximum absolute atomic E-state index is 15.4. The Balaban J connectivity index is 1.97. The summed E-state index contributed by atoms with van der Waals surface area (Å²) in [4.78, 5) is 27.4. The molecule has 144 valence electrons. The molecule has 1 aliphatic heterocycles. The molecule has 1 saturated carbocycles. The lowest BCUT2D eigenvalue weighted by Crippen LogP contribution is -2.45. The molecule has 6 nitrogen and oxygen atoms in total. The standard InChI is InChI=1S/C18H18F3N3O3/c1-22-2-4-23(5-3-22)16-12(20)6-9-15(14(16)21)24(13-7-11(13)19)8-10(17(9)25)18(26)27/h6,8,11,13H,2-5,7H2,1H3,(H,26,27)/t11-,13-/m1/s1. The second-order valence-electron chi connectivity index (χ2n) is 7.11. The lowest BCUT2D eigenvalue weighted by atomic mass is 10.1. The zero-order chi connectivity index (χ0) is 19.5. The van der Waals surface area contributed by atoms with E-state index in [1.54, 1.807) is 4.90 Å². The van der Waals surface area contributed by atoms with Crippen molar-refractivity contribution in [1.82, 2.24) is 9.47 Å². The van der Waals surface area contributed by atoms with E-state index in [0.29, 0.717) is 26.2 Å². The van der Waals surface area contributed by atoms with Gasteiger partial charge >= 0.3 is 5.97 Å². The molecule has 1 saturated heterocycles. The van der Waals surface area contributed by atoms with Crippen LogP contribution >= 0.6 is 0 Å². The molecule has 9 heteroatoms. The smallest absolute Gasteiger partial charge is 0.341 e. The largest absolute Gasteiger partial charge is 0.477 e. The average molecular weight is 381 g/mol. The first kappa shape index (κ1) is 17.8. The summed E-state index contributed by atoms with van der Waals surface area (Å²) in [7, 11) is 1.91. The van der Waals surface area contributed by atoms with E-state index < -0.39 is 40.8 Å². The summed E-state index contributed by atoms with van der Waals surface area (Å²) in [5, 5.41) is 8.84. The van der Waals surface area contributed by atoms with Gasteiger partial charge < -0.3 is 19.5 Å². The Morgan fingerprint density at radius 1 is 1.22 bits per heavy atom. The Bertz CT molecular complexity index is 999. The van der Waals surface area contributed by atoms with Gasteiger partial charge in [-0.2, -0.15) is 0 Å². The molecule has 4 rings (SSSR count). The lowest BCUT2D eigenvalue weighted by Gasteiger charge is -2.34. The molecule has 0 spiro atoms. The highest BCUT2D eigenvalue weighted by atomic mass is 19.1. The number of benzene rings is 1. The zero-order valence-electron chi connectivity index (χ0n) is 14.6. The zero-order valence-corrected chi connectivity index (χ0v) is 14.6. The molecule has 2 fully saturated rings. The predicted molar refractivity (Wildman–Crippen MR) is 93.3 cm³/mol. The third kappa shape index (κ3) is 2.86. The van der Waals surface area contributed by atoms with Gasteiger partial charge in [0.15, 0.2) is 5.82 Å². The van der Waals surface area contributed by atoms with Crippen molar-refractivity contribution in [2.24, 2.45) is 0 Å². The number of fused-ring (bicyclic) bond motifs is 1. The number of halogens is 3. The number of anilines is 1. The van der Waals surface area contributed by atoms with Gasteiger partial charge in [-0.1, -0.05) is 0 Å². The van der Waals surface area contributed by atoms with Gasteiger partial charge in [-0.15, -0.1) is 0 Å². The molecule has 0 amide bonds. The van der Waals surface area contributed by atoms with Crippen LogP contribution in [-0.4, -0.2) is 59.9 Å². The van der Waals surface area contributed by atoms with Gasteiger partial charge in [-0.3, -0.25) is 4.79 Å². The van der Waals surface area contributed by atoms with E-state index in [2.05, 4.69) is 0 Å². The fourth-order valence-electron chi connectivity index (χ4n) is 3.61. The van der Waals surface area contributed by atoms with E-state index >= 15 is 4.39 Å². The van der Waals surface area contributed by atoms with Gasteiger partial charge in [0.25, 0.3) is 0 Å². The number of hydrogen-bond donors (Lipinski definition) is 1. The van der Waals surface area contributed by atoms with Crippen LogP contribution in [0.25, 0.3) is 10.9 Å². The van der Waals surface area contributed by atoms with Crippen LogP contribution in [0.3, 0.4) is 0 Å². The molecule has 1 aromatic carbocycles. The number of nitrogens with zero attached hydrogens (tertiary/aromatic N) is 3. The van der Waals surface area contributed by atoms with Crippen molar-refractivity contribution < 1.29 is 23.1 Å². The number of carbonyl (C=O) groups is 1. The Kier molecular flexibility index (Phi) is 4.14. The molecule has 0 unspecified atom stereocenters. The Morgan fingerprint density at radius 2 is 1.85 bits per heavy atom. The number of hydrogen-bond acceptors (Lipinski definition) is 4. The second kappa shape index (κ2) is 6.26. The van der Waals surface area contributed by atoms with Gasteiger partial charge in [0, 0.05) is 38.8 Å². The van der Waals surface area contributed by atoms with Crippen molar-refractivity contribution in [3.63, 3.8) is 0 Å². The lowest BCUT2D eigenvalue weighted by molar-refractivity contribution is 0.0694. The fourth-order valence-corrected chi connectivity index (χ4v) is 3.61. The molecule has 0 bridgehead atoms. The molecule has 2 aromatic rings. The second-order valence-corrected chi connectivity index (χ2v) is 7.11. The fraction of sp³-hybridized carbons (Fsp3) is 0.444. The van der Waals surface area contributed by atoms with Gasteiger partial charge in [-0.05, 0) is 13.1 Å². The number of carboxylic acids is 1. The molecule has 1 aromatic heterocycles. The van der Waals surface area contributed by atoms with Gasteiger partial charge in [0.1, 0.15) is 23.2 Å². The van der Waals surface area contributed by atoms with Crippen LogP contribution in [0.15, 0.2) is 17.1 Å². The minimum Gasteiger partial charge on any atom is -0.477 e.